The van der Waals surface area contributed by atoms with E-state index in [4.69, 9.17) is 4.74 Å². The van der Waals surface area contributed by atoms with E-state index in [1.807, 2.05) is 6.92 Å². The second-order valence-electron chi connectivity index (χ2n) is 4.23. The third kappa shape index (κ3) is 2.63. The summed E-state index contributed by atoms with van der Waals surface area (Å²) in [6.07, 6.45) is 1.91. The molecule has 20 heavy (non-hydrogen) atoms. The summed E-state index contributed by atoms with van der Waals surface area (Å²) in [6, 6.07) is 0. The summed E-state index contributed by atoms with van der Waals surface area (Å²) in [5.41, 5.74) is -0.413. The molecule has 0 N–H and O–H groups in total. The molecule has 8 nitrogen and oxygen atoms in total. The number of fused-ring (bicyclic) bond motifs is 1. The van der Waals surface area contributed by atoms with Gasteiger partial charge in [-0.1, -0.05) is 6.92 Å². The number of carbonyl (C=O) groups excluding carboxylic acids is 2. The zero-order valence-corrected chi connectivity index (χ0v) is 11.1. The van der Waals surface area contributed by atoms with Crippen LogP contribution in [0.2, 0.25) is 0 Å². The SMILES string of the molecule is CCCN1CCn2ncc(=O)c(OCOC=O)c2C1=O. The van der Waals surface area contributed by atoms with Gasteiger partial charge in [0, 0.05) is 13.1 Å². The quantitative estimate of drug-likeness (QED) is 0.401. The Morgan fingerprint density at radius 2 is 2.20 bits per heavy atom. The number of hydrogen-bond donors (Lipinski definition) is 0. The zero-order chi connectivity index (χ0) is 14.5. The minimum absolute atomic E-state index is 0.103. The predicted molar refractivity (Wildman–Crippen MR) is 67.3 cm³/mol. The van der Waals surface area contributed by atoms with Crippen molar-refractivity contribution < 1.29 is 19.1 Å². The first kappa shape index (κ1) is 14.0. The van der Waals surface area contributed by atoms with Crippen molar-refractivity contribution in [2.45, 2.75) is 19.9 Å². The fourth-order valence-corrected chi connectivity index (χ4v) is 2.06. The molecular formula is C12H15N3O5. The summed E-state index contributed by atoms with van der Waals surface area (Å²) < 4.78 is 10.9. The van der Waals surface area contributed by atoms with E-state index in [1.165, 1.54) is 4.68 Å². The van der Waals surface area contributed by atoms with Crippen LogP contribution < -0.4 is 10.2 Å². The standard InChI is InChI=1S/C12H15N3O5/c1-2-3-14-4-5-15-10(12(14)18)11(9(17)6-13-15)20-8-19-7-16/h6-7H,2-5,8H2,1H3. The molecule has 1 aromatic rings. The van der Waals surface area contributed by atoms with Gasteiger partial charge >= 0.3 is 0 Å². The number of hydrogen-bond acceptors (Lipinski definition) is 6. The summed E-state index contributed by atoms with van der Waals surface area (Å²) >= 11 is 0. The molecule has 8 heteroatoms. The minimum Gasteiger partial charge on any atom is -0.451 e. The van der Waals surface area contributed by atoms with Gasteiger partial charge in [-0.15, -0.1) is 0 Å². The fourth-order valence-electron chi connectivity index (χ4n) is 2.06. The summed E-state index contributed by atoms with van der Waals surface area (Å²) in [5, 5.41) is 3.92. The largest absolute Gasteiger partial charge is 0.451 e. The highest BCUT2D eigenvalue weighted by Gasteiger charge is 2.29. The van der Waals surface area contributed by atoms with Gasteiger partial charge in [-0.2, -0.15) is 5.10 Å². The molecule has 0 fully saturated rings. The fraction of sp³-hybridized carbons (Fsp3) is 0.500. The van der Waals surface area contributed by atoms with Crippen LogP contribution in [-0.2, 0) is 16.1 Å². The van der Waals surface area contributed by atoms with E-state index in [-0.39, 0.29) is 23.8 Å². The second-order valence-corrected chi connectivity index (χ2v) is 4.23. The van der Waals surface area contributed by atoms with E-state index >= 15 is 0 Å². The van der Waals surface area contributed by atoms with Crippen LogP contribution in [0.5, 0.6) is 5.75 Å². The van der Waals surface area contributed by atoms with E-state index in [1.54, 1.807) is 4.90 Å². The molecule has 1 aliphatic heterocycles. The van der Waals surface area contributed by atoms with E-state index in [0.717, 1.165) is 12.6 Å². The van der Waals surface area contributed by atoms with E-state index in [2.05, 4.69) is 9.84 Å². The van der Waals surface area contributed by atoms with Crippen molar-refractivity contribution in [3.63, 3.8) is 0 Å². The second kappa shape index (κ2) is 6.18. The van der Waals surface area contributed by atoms with Crippen molar-refractivity contribution in [3.8, 4) is 5.75 Å². The molecule has 0 atom stereocenters. The molecule has 0 spiro atoms. The molecule has 2 heterocycles. The summed E-state index contributed by atoms with van der Waals surface area (Å²) in [5.74, 6) is -0.433. The Kier molecular flexibility index (Phi) is 4.34. The summed E-state index contributed by atoms with van der Waals surface area (Å²) in [7, 11) is 0. The Bertz CT molecular complexity index is 569. The minimum atomic E-state index is -0.516. The van der Waals surface area contributed by atoms with E-state index in [0.29, 0.717) is 19.6 Å². The number of aromatic nitrogens is 2. The Hall–Kier alpha value is -2.38. The molecule has 0 unspecified atom stereocenters. The molecule has 1 aliphatic rings. The molecule has 1 aromatic heterocycles. The third-order valence-corrected chi connectivity index (χ3v) is 2.92. The van der Waals surface area contributed by atoms with Gasteiger partial charge in [0.25, 0.3) is 12.4 Å². The van der Waals surface area contributed by atoms with E-state index < -0.39 is 12.2 Å². The van der Waals surface area contributed by atoms with Crippen molar-refractivity contribution in [1.29, 1.82) is 0 Å². The molecule has 0 aromatic carbocycles. The van der Waals surface area contributed by atoms with Gasteiger partial charge in [0.05, 0.1) is 12.7 Å². The van der Waals surface area contributed by atoms with Crippen molar-refractivity contribution in [3.05, 3.63) is 22.1 Å². The van der Waals surface area contributed by atoms with Crippen LogP contribution in [0, 0.1) is 0 Å². The van der Waals surface area contributed by atoms with Crippen LogP contribution in [0.3, 0.4) is 0 Å². The van der Waals surface area contributed by atoms with Gasteiger partial charge < -0.3 is 14.4 Å². The average molecular weight is 281 g/mol. The highest BCUT2D eigenvalue weighted by molar-refractivity contribution is 5.95. The van der Waals surface area contributed by atoms with E-state index in [9.17, 15) is 14.4 Å². The first-order valence-corrected chi connectivity index (χ1v) is 6.26. The smallest absolute Gasteiger partial charge is 0.295 e. The van der Waals surface area contributed by atoms with Crippen LogP contribution in [0.15, 0.2) is 11.0 Å². The maximum absolute atomic E-state index is 12.3. The number of rotatable bonds is 6. The predicted octanol–water partition coefficient (Wildman–Crippen LogP) is -0.382. The van der Waals surface area contributed by atoms with Crippen molar-refractivity contribution >= 4 is 12.4 Å². The van der Waals surface area contributed by atoms with Gasteiger partial charge in [0.1, 0.15) is 0 Å². The zero-order valence-electron chi connectivity index (χ0n) is 11.1. The normalized spacial score (nSPS) is 13.8. The third-order valence-electron chi connectivity index (χ3n) is 2.92. The molecule has 2 rings (SSSR count). The summed E-state index contributed by atoms with van der Waals surface area (Å²) in [4.78, 5) is 35.9. The molecule has 108 valence electrons. The lowest BCUT2D eigenvalue weighted by atomic mass is 10.2. The number of amides is 1. The highest BCUT2D eigenvalue weighted by Crippen LogP contribution is 2.19. The average Bonchev–Trinajstić information content (AvgIpc) is 2.44. The molecular weight excluding hydrogens is 266 g/mol. The van der Waals surface area contributed by atoms with Gasteiger partial charge in [-0.3, -0.25) is 19.1 Å². The number of nitrogens with zero attached hydrogens (tertiary/aromatic N) is 3. The highest BCUT2D eigenvalue weighted by atomic mass is 16.7. The van der Waals surface area contributed by atoms with Crippen LogP contribution in [0.4, 0.5) is 0 Å². The van der Waals surface area contributed by atoms with Crippen LogP contribution in [0.25, 0.3) is 0 Å². The number of ether oxygens (including phenoxy) is 2. The Labute approximate surface area is 114 Å². The topological polar surface area (TPSA) is 90.7 Å². The molecule has 0 aliphatic carbocycles. The van der Waals surface area contributed by atoms with Gasteiger partial charge in [0.15, 0.2) is 5.69 Å². The van der Waals surface area contributed by atoms with Crippen molar-refractivity contribution in [1.82, 2.24) is 14.7 Å². The molecule has 0 radical (unpaired) electrons. The molecule has 0 saturated heterocycles. The van der Waals surface area contributed by atoms with Crippen molar-refractivity contribution in [2.24, 2.45) is 0 Å². The van der Waals surface area contributed by atoms with Crippen LogP contribution >= 0.6 is 0 Å². The maximum atomic E-state index is 12.3. The maximum Gasteiger partial charge on any atom is 0.295 e. The summed E-state index contributed by atoms with van der Waals surface area (Å²) in [6.45, 7) is 3.39. The van der Waals surface area contributed by atoms with Crippen LogP contribution in [-0.4, -0.2) is 46.9 Å². The Morgan fingerprint density at radius 1 is 1.40 bits per heavy atom. The number of carbonyl (C=O) groups is 2. The first-order chi connectivity index (χ1) is 9.69. The lowest BCUT2D eigenvalue weighted by molar-refractivity contribution is -0.134. The Morgan fingerprint density at radius 3 is 2.90 bits per heavy atom. The lowest BCUT2D eigenvalue weighted by Crippen LogP contribution is -2.43. The molecule has 1 amide bonds. The van der Waals surface area contributed by atoms with Gasteiger partial charge in [0.2, 0.25) is 18.0 Å². The Balaban J connectivity index is 2.35. The van der Waals surface area contributed by atoms with Gasteiger partial charge in [-0.25, -0.2) is 0 Å². The van der Waals surface area contributed by atoms with Crippen molar-refractivity contribution in [2.75, 3.05) is 19.9 Å². The molecule has 0 saturated carbocycles. The lowest BCUT2D eigenvalue weighted by Gasteiger charge is -2.29. The van der Waals surface area contributed by atoms with Crippen LogP contribution in [0.1, 0.15) is 23.8 Å². The molecule has 0 bridgehead atoms. The first-order valence-electron chi connectivity index (χ1n) is 6.26. The van der Waals surface area contributed by atoms with Gasteiger partial charge in [-0.05, 0) is 6.42 Å². The monoisotopic (exact) mass is 281 g/mol.